The number of hydrogen-bond acceptors (Lipinski definition) is 4. The molecule has 0 saturated heterocycles. The van der Waals surface area contributed by atoms with Gasteiger partial charge >= 0.3 is 0 Å². The van der Waals surface area contributed by atoms with Crippen LogP contribution in [-0.2, 0) is 23.1 Å². The van der Waals surface area contributed by atoms with Crippen LogP contribution < -0.4 is 10.0 Å². The van der Waals surface area contributed by atoms with Crippen LogP contribution in [0.2, 0.25) is 10.0 Å². The number of nitrogens with one attached hydrogen (secondary N) is 2. The number of rotatable bonds is 10. The number of nitrogens with zero attached hydrogens (tertiary/aromatic N) is 1. The van der Waals surface area contributed by atoms with Crippen LogP contribution in [0.15, 0.2) is 41.3 Å². The lowest BCUT2D eigenvalue weighted by Crippen LogP contribution is -2.27. The molecule has 2 aromatic carbocycles. The normalized spacial score (nSPS) is 14.1. The molecule has 31 heavy (non-hydrogen) atoms. The fourth-order valence-corrected chi connectivity index (χ4v) is 5.30. The third kappa shape index (κ3) is 6.43. The smallest absolute Gasteiger partial charge is 0.253 e. The molecule has 0 aliphatic heterocycles. The van der Waals surface area contributed by atoms with E-state index < -0.39 is 15.9 Å². The molecule has 0 spiro atoms. The van der Waals surface area contributed by atoms with Crippen molar-refractivity contribution < 1.29 is 13.2 Å². The average molecular weight is 484 g/mol. The Morgan fingerprint density at radius 1 is 1.03 bits per heavy atom. The van der Waals surface area contributed by atoms with E-state index in [1.807, 2.05) is 24.3 Å². The van der Waals surface area contributed by atoms with E-state index in [0.29, 0.717) is 6.54 Å². The minimum atomic E-state index is -3.81. The Labute approximate surface area is 194 Å². The molecule has 0 atom stereocenters. The fraction of sp³-hybridized carbons (Fsp3) is 0.409. The number of carbonyl (C=O) groups excluding carboxylic acids is 1. The second-order valence-corrected chi connectivity index (χ2v) is 10.1. The first-order valence-electron chi connectivity index (χ1n) is 10.3. The molecule has 1 saturated carbocycles. The van der Waals surface area contributed by atoms with Crippen molar-refractivity contribution in [1.29, 1.82) is 0 Å². The van der Waals surface area contributed by atoms with E-state index in [1.54, 1.807) is 0 Å². The molecule has 0 unspecified atom stereocenters. The van der Waals surface area contributed by atoms with E-state index >= 15 is 0 Å². The summed E-state index contributed by atoms with van der Waals surface area (Å²) in [6, 6.07) is 10.5. The van der Waals surface area contributed by atoms with E-state index in [9.17, 15) is 13.2 Å². The summed E-state index contributed by atoms with van der Waals surface area (Å²) >= 11 is 12.3. The van der Waals surface area contributed by atoms with E-state index in [4.69, 9.17) is 23.2 Å². The van der Waals surface area contributed by atoms with Gasteiger partial charge in [-0.15, -0.1) is 0 Å². The standard InChI is InChI=1S/C22H27Cl2N3O3S/c1-3-27(4-2)14-16-7-5-15(6-8-16)13-25-22(28)18-11-21(20(24)12-19(18)23)31(29,30)26-17-9-10-17/h5-8,11-12,17,26H,3-4,9-10,13-14H2,1-2H3,(H,25,28). The van der Waals surface area contributed by atoms with Gasteiger partial charge in [0.25, 0.3) is 5.91 Å². The van der Waals surface area contributed by atoms with E-state index in [-0.39, 0.29) is 26.5 Å². The van der Waals surface area contributed by atoms with Crippen molar-refractivity contribution in [1.82, 2.24) is 14.9 Å². The molecule has 9 heteroatoms. The third-order valence-corrected chi connectivity index (χ3v) is 7.53. The molecule has 1 aliphatic carbocycles. The molecular weight excluding hydrogens is 457 g/mol. The zero-order valence-corrected chi connectivity index (χ0v) is 19.9. The Balaban J connectivity index is 1.68. The monoisotopic (exact) mass is 483 g/mol. The maximum absolute atomic E-state index is 12.7. The Hall–Kier alpha value is -1.64. The summed E-state index contributed by atoms with van der Waals surface area (Å²) < 4.78 is 27.7. The van der Waals surface area contributed by atoms with Crippen molar-refractivity contribution in [3.8, 4) is 0 Å². The van der Waals surface area contributed by atoms with Crippen LogP contribution in [0, 0.1) is 0 Å². The van der Waals surface area contributed by atoms with Gasteiger partial charge in [0, 0.05) is 19.1 Å². The fourth-order valence-electron chi connectivity index (χ4n) is 3.14. The molecule has 168 valence electrons. The van der Waals surface area contributed by atoms with Crippen molar-refractivity contribution in [3.63, 3.8) is 0 Å². The predicted molar refractivity (Wildman–Crippen MR) is 124 cm³/mol. The van der Waals surface area contributed by atoms with Crippen molar-refractivity contribution in [3.05, 3.63) is 63.1 Å². The van der Waals surface area contributed by atoms with Crippen LogP contribution in [0.25, 0.3) is 0 Å². The van der Waals surface area contributed by atoms with Gasteiger partial charge in [0.05, 0.1) is 15.6 Å². The zero-order valence-electron chi connectivity index (χ0n) is 17.6. The topological polar surface area (TPSA) is 78.5 Å². The lowest BCUT2D eigenvalue weighted by Gasteiger charge is -2.18. The summed E-state index contributed by atoms with van der Waals surface area (Å²) in [6.07, 6.45) is 1.59. The summed E-state index contributed by atoms with van der Waals surface area (Å²) in [4.78, 5) is 14.9. The SMILES string of the molecule is CCN(CC)Cc1ccc(CNC(=O)c2cc(S(=O)(=O)NC3CC3)c(Cl)cc2Cl)cc1. The van der Waals surface area contributed by atoms with Gasteiger partial charge in [-0.2, -0.15) is 0 Å². The number of hydrogen-bond donors (Lipinski definition) is 2. The Morgan fingerprint density at radius 3 is 2.23 bits per heavy atom. The van der Waals surface area contributed by atoms with Crippen LogP contribution in [0.1, 0.15) is 48.2 Å². The first-order valence-corrected chi connectivity index (χ1v) is 12.6. The largest absolute Gasteiger partial charge is 0.348 e. The van der Waals surface area contributed by atoms with Crippen LogP contribution in [0.4, 0.5) is 0 Å². The summed E-state index contributed by atoms with van der Waals surface area (Å²) in [5.74, 6) is -0.461. The van der Waals surface area contributed by atoms with Crippen molar-refractivity contribution in [2.45, 2.75) is 50.7 Å². The molecule has 1 aliphatic rings. The average Bonchev–Trinajstić information content (AvgIpc) is 3.54. The Kier molecular flexibility index (Phi) is 7.99. The molecule has 1 amide bonds. The first kappa shape index (κ1) is 24.0. The van der Waals surface area contributed by atoms with E-state index in [0.717, 1.165) is 38.0 Å². The second kappa shape index (κ2) is 10.3. The number of benzene rings is 2. The number of carbonyl (C=O) groups is 1. The molecule has 0 radical (unpaired) electrons. The van der Waals surface area contributed by atoms with Crippen LogP contribution in [-0.4, -0.2) is 38.4 Å². The number of halogens is 2. The van der Waals surface area contributed by atoms with Crippen LogP contribution in [0.3, 0.4) is 0 Å². The van der Waals surface area contributed by atoms with Crippen molar-refractivity contribution in [2.75, 3.05) is 13.1 Å². The van der Waals surface area contributed by atoms with Gasteiger partial charge < -0.3 is 5.32 Å². The van der Waals surface area contributed by atoms with E-state index in [1.165, 1.54) is 17.7 Å². The molecule has 6 nitrogen and oxygen atoms in total. The minimum Gasteiger partial charge on any atom is -0.348 e. The van der Waals surface area contributed by atoms with Gasteiger partial charge in [0.15, 0.2) is 0 Å². The lowest BCUT2D eigenvalue weighted by atomic mass is 10.1. The van der Waals surface area contributed by atoms with Gasteiger partial charge in [-0.3, -0.25) is 9.69 Å². The maximum atomic E-state index is 12.7. The molecule has 0 bridgehead atoms. The number of sulfonamides is 1. The van der Waals surface area contributed by atoms with Crippen LogP contribution >= 0.6 is 23.2 Å². The van der Waals surface area contributed by atoms with Gasteiger partial charge in [-0.25, -0.2) is 13.1 Å². The molecular formula is C22H27Cl2N3O3S. The highest BCUT2D eigenvalue weighted by Crippen LogP contribution is 2.30. The molecule has 0 heterocycles. The summed E-state index contributed by atoms with van der Waals surface area (Å²) in [5.41, 5.74) is 2.21. The van der Waals surface area contributed by atoms with Crippen LogP contribution in [0.5, 0.6) is 0 Å². The maximum Gasteiger partial charge on any atom is 0.253 e. The number of amides is 1. The highest BCUT2D eigenvalue weighted by Gasteiger charge is 2.30. The molecule has 0 aromatic heterocycles. The van der Waals surface area contributed by atoms with Crippen molar-refractivity contribution in [2.24, 2.45) is 0 Å². The predicted octanol–water partition coefficient (Wildman–Crippen LogP) is 4.21. The zero-order chi connectivity index (χ0) is 22.6. The second-order valence-electron chi connectivity index (χ2n) is 7.62. The summed E-state index contributed by atoms with van der Waals surface area (Å²) in [5, 5.41) is 2.88. The molecule has 1 fully saturated rings. The lowest BCUT2D eigenvalue weighted by molar-refractivity contribution is 0.0951. The van der Waals surface area contributed by atoms with Gasteiger partial charge in [-0.1, -0.05) is 61.3 Å². The summed E-state index contributed by atoms with van der Waals surface area (Å²) in [7, 11) is -3.81. The minimum absolute atomic E-state index is 0.0153. The third-order valence-electron chi connectivity index (χ3n) is 5.23. The highest BCUT2D eigenvalue weighted by atomic mass is 35.5. The van der Waals surface area contributed by atoms with Gasteiger partial charge in [0.2, 0.25) is 10.0 Å². The van der Waals surface area contributed by atoms with Gasteiger partial charge in [-0.05, 0) is 49.2 Å². The van der Waals surface area contributed by atoms with Gasteiger partial charge in [0.1, 0.15) is 4.90 Å². The summed E-state index contributed by atoms with van der Waals surface area (Å²) in [6.45, 7) is 7.42. The highest BCUT2D eigenvalue weighted by molar-refractivity contribution is 7.89. The molecule has 2 N–H and O–H groups in total. The van der Waals surface area contributed by atoms with Crippen molar-refractivity contribution >= 4 is 39.1 Å². The molecule has 3 rings (SSSR count). The first-order chi connectivity index (χ1) is 14.7. The molecule has 2 aromatic rings. The Bertz CT molecular complexity index is 1030. The van der Waals surface area contributed by atoms with E-state index in [2.05, 4.69) is 28.8 Å². The Morgan fingerprint density at radius 2 is 1.65 bits per heavy atom. The quantitative estimate of drug-likeness (QED) is 0.530.